The highest BCUT2D eigenvalue weighted by Gasteiger charge is 2.30. The van der Waals surface area contributed by atoms with Gasteiger partial charge in [-0.15, -0.1) is 0 Å². The molecule has 0 radical (unpaired) electrons. The Kier molecular flexibility index (Phi) is 6.12. The van der Waals surface area contributed by atoms with Gasteiger partial charge in [0.15, 0.2) is 0 Å². The Labute approximate surface area is 150 Å². The highest BCUT2D eigenvalue weighted by Crippen LogP contribution is 2.23. The fraction of sp³-hybridized carbons (Fsp3) is 0.789. The number of piperidine rings is 1. The van der Waals surface area contributed by atoms with Gasteiger partial charge in [-0.3, -0.25) is 9.48 Å². The molecule has 1 unspecified atom stereocenters. The van der Waals surface area contributed by atoms with Gasteiger partial charge in [0.2, 0.25) is 5.91 Å². The van der Waals surface area contributed by atoms with Crippen molar-refractivity contribution in [1.29, 1.82) is 0 Å². The van der Waals surface area contributed by atoms with Crippen LogP contribution in [0.1, 0.15) is 44.0 Å². The van der Waals surface area contributed by atoms with E-state index in [0.29, 0.717) is 6.04 Å². The zero-order valence-electron chi connectivity index (χ0n) is 15.8. The minimum atomic E-state index is 0.0963. The van der Waals surface area contributed by atoms with Crippen LogP contribution in [0, 0.1) is 19.8 Å². The van der Waals surface area contributed by atoms with Crippen LogP contribution in [0.2, 0.25) is 0 Å². The molecule has 140 valence electrons. The highest BCUT2D eigenvalue weighted by atomic mass is 16.5. The third kappa shape index (κ3) is 4.82. The standard InChI is InChI=1S/C19H32N4O2/c1-14-12-16(3)23(21-14)13-15(2)20-19(24)17-4-8-22(9-5-17)18-6-10-25-11-7-18/h12,15,17-18H,4-11,13H2,1-3H3,(H,20,24). The van der Waals surface area contributed by atoms with E-state index in [0.717, 1.165) is 69.9 Å². The molecule has 25 heavy (non-hydrogen) atoms. The molecule has 1 aromatic rings. The monoisotopic (exact) mass is 348 g/mol. The van der Waals surface area contributed by atoms with E-state index in [1.165, 1.54) is 0 Å². The van der Waals surface area contributed by atoms with Crippen LogP contribution in [-0.2, 0) is 16.1 Å². The molecule has 2 saturated heterocycles. The van der Waals surface area contributed by atoms with Crippen LogP contribution < -0.4 is 5.32 Å². The van der Waals surface area contributed by atoms with Crippen LogP contribution >= 0.6 is 0 Å². The zero-order valence-corrected chi connectivity index (χ0v) is 15.8. The molecule has 0 spiro atoms. The number of aryl methyl sites for hydroxylation is 2. The van der Waals surface area contributed by atoms with Gasteiger partial charge in [-0.1, -0.05) is 0 Å². The van der Waals surface area contributed by atoms with E-state index >= 15 is 0 Å². The van der Waals surface area contributed by atoms with Gasteiger partial charge in [0.25, 0.3) is 0 Å². The molecule has 1 aromatic heterocycles. The first-order valence-corrected chi connectivity index (χ1v) is 9.66. The maximum Gasteiger partial charge on any atom is 0.223 e. The minimum Gasteiger partial charge on any atom is -0.381 e. The van der Waals surface area contributed by atoms with E-state index in [4.69, 9.17) is 4.74 Å². The smallest absolute Gasteiger partial charge is 0.223 e. The van der Waals surface area contributed by atoms with E-state index < -0.39 is 0 Å². The molecule has 0 aliphatic carbocycles. The molecule has 0 bridgehead atoms. The number of carbonyl (C=O) groups excluding carboxylic acids is 1. The summed E-state index contributed by atoms with van der Waals surface area (Å²) in [7, 11) is 0. The van der Waals surface area contributed by atoms with E-state index in [-0.39, 0.29) is 17.9 Å². The van der Waals surface area contributed by atoms with Gasteiger partial charge in [-0.2, -0.15) is 5.10 Å². The van der Waals surface area contributed by atoms with Gasteiger partial charge in [-0.25, -0.2) is 0 Å². The minimum absolute atomic E-state index is 0.0963. The number of hydrogen-bond acceptors (Lipinski definition) is 4. The summed E-state index contributed by atoms with van der Waals surface area (Å²) in [6.45, 7) is 10.7. The van der Waals surface area contributed by atoms with Gasteiger partial charge in [-0.05, 0) is 65.6 Å². The fourth-order valence-corrected chi connectivity index (χ4v) is 4.10. The Morgan fingerprint density at radius 3 is 2.56 bits per heavy atom. The number of nitrogens with zero attached hydrogens (tertiary/aromatic N) is 3. The quantitative estimate of drug-likeness (QED) is 0.883. The van der Waals surface area contributed by atoms with E-state index in [9.17, 15) is 4.79 Å². The first kappa shape index (κ1) is 18.4. The van der Waals surface area contributed by atoms with Gasteiger partial charge >= 0.3 is 0 Å². The molecule has 6 heteroatoms. The first-order chi connectivity index (χ1) is 12.0. The Balaban J connectivity index is 1.43. The first-order valence-electron chi connectivity index (χ1n) is 9.66. The van der Waals surface area contributed by atoms with Crippen molar-refractivity contribution in [1.82, 2.24) is 20.0 Å². The molecule has 1 atom stereocenters. The maximum atomic E-state index is 12.6. The van der Waals surface area contributed by atoms with Crippen LogP contribution in [0.5, 0.6) is 0 Å². The van der Waals surface area contributed by atoms with Gasteiger partial charge in [0.1, 0.15) is 0 Å². The second kappa shape index (κ2) is 8.32. The molecule has 3 rings (SSSR count). The molecular weight excluding hydrogens is 316 g/mol. The highest BCUT2D eigenvalue weighted by molar-refractivity contribution is 5.79. The van der Waals surface area contributed by atoms with Crippen LogP contribution in [0.3, 0.4) is 0 Å². The van der Waals surface area contributed by atoms with Crippen molar-refractivity contribution in [3.63, 3.8) is 0 Å². The molecule has 3 heterocycles. The molecule has 1 N–H and O–H groups in total. The number of carbonyl (C=O) groups is 1. The normalized spacial score (nSPS) is 22.0. The summed E-state index contributed by atoms with van der Waals surface area (Å²) in [6, 6.07) is 2.82. The Morgan fingerprint density at radius 2 is 1.96 bits per heavy atom. The Hall–Kier alpha value is -1.40. The third-order valence-electron chi connectivity index (χ3n) is 5.55. The number of hydrogen-bond donors (Lipinski definition) is 1. The lowest BCUT2D eigenvalue weighted by atomic mass is 9.93. The summed E-state index contributed by atoms with van der Waals surface area (Å²) in [5.74, 6) is 0.361. The van der Waals surface area contributed by atoms with Crippen molar-refractivity contribution < 1.29 is 9.53 Å². The summed E-state index contributed by atoms with van der Waals surface area (Å²) >= 11 is 0. The van der Waals surface area contributed by atoms with E-state index in [2.05, 4.69) is 35.2 Å². The second-order valence-corrected chi connectivity index (χ2v) is 7.67. The van der Waals surface area contributed by atoms with Gasteiger partial charge < -0.3 is 15.0 Å². The lowest BCUT2D eigenvalue weighted by Gasteiger charge is -2.39. The van der Waals surface area contributed by atoms with Crippen molar-refractivity contribution in [2.75, 3.05) is 26.3 Å². The topological polar surface area (TPSA) is 59.4 Å². The summed E-state index contributed by atoms with van der Waals surface area (Å²) in [6.07, 6.45) is 4.21. The second-order valence-electron chi connectivity index (χ2n) is 7.67. The molecular formula is C19H32N4O2. The average Bonchev–Trinajstić information content (AvgIpc) is 2.92. The molecule has 2 aliphatic heterocycles. The van der Waals surface area contributed by atoms with Crippen LogP contribution in [-0.4, -0.2) is 59.0 Å². The summed E-state index contributed by atoms with van der Waals surface area (Å²) in [5.41, 5.74) is 2.17. The fourth-order valence-electron chi connectivity index (χ4n) is 4.10. The van der Waals surface area contributed by atoms with E-state index in [1.807, 2.05) is 11.6 Å². The Morgan fingerprint density at radius 1 is 1.28 bits per heavy atom. The molecule has 2 fully saturated rings. The number of likely N-dealkylation sites (tertiary alicyclic amines) is 1. The summed E-state index contributed by atoms with van der Waals surface area (Å²) in [4.78, 5) is 15.2. The molecule has 1 amide bonds. The number of nitrogens with one attached hydrogen (secondary N) is 1. The largest absolute Gasteiger partial charge is 0.381 e. The van der Waals surface area contributed by atoms with Crippen molar-refractivity contribution in [2.45, 2.75) is 65.1 Å². The SMILES string of the molecule is Cc1cc(C)n(CC(C)NC(=O)C2CCN(C3CCOCC3)CC2)n1. The third-order valence-corrected chi connectivity index (χ3v) is 5.55. The van der Waals surface area contributed by atoms with Crippen LogP contribution in [0.15, 0.2) is 6.07 Å². The number of amides is 1. The Bertz CT molecular complexity index is 572. The number of ether oxygens (including phenoxy) is 1. The number of aromatic nitrogens is 2. The van der Waals surface area contributed by atoms with Crippen LogP contribution in [0.25, 0.3) is 0 Å². The summed E-state index contributed by atoms with van der Waals surface area (Å²) in [5, 5.41) is 7.67. The average molecular weight is 348 g/mol. The molecule has 0 saturated carbocycles. The van der Waals surface area contributed by atoms with Crippen molar-refractivity contribution in [3.05, 3.63) is 17.5 Å². The predicted molar refractivity (Wildman–Crippen MR) is 97.4 cm³/mol. The van der Waals surface area contributed by atoms with E-state index in [1.54, 1.807) is 0 Å². The van der Waals surface area contributed by atoms with Crippen LogP contribution in [0.4, 0.5) is 0 Å². The number of rotatable bonds is 5. The predicted octanol–water partition coefficient (Wildman–Crippen LogP) is 1.90. The molecule has 0 aromatic carbocycles. The van der Waals surface area contributed by atoms with Gasteiger partial charge in [0.05, 0.1) is 12.2 Å². The van der Waals surface area contributed by atoms with Crippen molar-refractivity contribution in [2.24, 2.45) is 5.92 Å². The van der Waals surface area contributed by atoms with Crippen molar-refractivity contribution in [3.8, 4) is 0 Å². The van der Waals surface area contributed by atoms with Gasteiger partial charge in [0, 0.05) is 36.9 Å². The summed E-state index contributed by atoms with van der Waals surface area (Å²) < 4.78 is 7.43. The maximum absolute atomic E-state index is 12.6. The van der Waals surface area contributed by atoms with Crippen molar-refractivity contribution >= 4 is 5.91 Å². The zero-order chi connectivity index (χ0) is 17.8. The molecule has 2 aliphatic rings. The lowest BCUT2D eigenvalue weighted by Crippen LogP contribution is -2.48. The molecule has 6 nitrogen and oxygen atoms in total. The lowest BCUT2D eigenvalue weighted by molar-refractivity contribution is -0.127.